The predicted octanol–water partition coefficient (Wildman–Crippen LogP) is 5.97. The van der Waals surface area contributed by atoms with Gasteiger partial charge in [-0.2, -0.15) is 0 Å². The molecule has 0 spiro atoms. The number of amides is 1. The van der Waals surface area contributed by atoms with Crippen LogP contribution in [0, 0.1) is 12.7 Å². The molecule has 4 heteroatoms. The van der Waals surface area contributed by atoms with Crippen LogP contribution in [-0.2, 0) is 0 Å². The van der Waals surface area contributed by atoms with Crippen molar-refractivity contribution in [3.63, 3.8) is 0 Å². The third-order valence-electron chi connectivity index (χ3n) is 5.48. The second-order valence-corrected chi connectivity index (χ2v) is 7.63. The Bertz CT molecular complexity index is 1070. The lowest BCUT2D eigenvalue weighted by molar-refractivity contribution is 0.0955. The standard InChI is InChI=1S/C25H25FN2O/c1-17-16-23(25(29)27-15-14-18-6-3-2-4-7-18)22-9-5-8-21(24(22)28-17)19-10-12-20(26)13-11-19/h5-6,8-13,16H,2-4,7,14-15H2,1H3,(H,27,29). The van der Waals surface area contributed by atoms with Gasteiger partial charge in [0.1, 0.15) is 5.82 Å². The maximum absolute atomic E-state index is 13.3. The van der Waals surface area contributed by atoms with Crippen molar-refractivity contribution in [2.75, 3.05) is 6.54 Å². The molecule has 4 rings (SSSR count). The molecule has 1 N–H and O–H groups in total. The summed E-state index contributed by atoms with van der Waals surface area (Å²) in [5, 5.41) is 3.89. The first kappa shape index (κ1) is 19.3. The van der Waals surface area contributed by atoms with E-state index in [2.05, 4.69) is 16.4 Å². The van der Waals surface area contributed by atoms with Crippen molar-refractivity contribution in [2.45, 2.75) is 39.0 Å². The van der Waals surface area contributed by atoms with Gasteiger partial charge in [-0.05, 0) is 62.8 Å². The SMILES string of the molecule is Cc1cc(C(=O)NCCC2=CCCCC2)c2cccc(-c3ccc(F)cc3)c2n1. The summed E-state index contributed by atoms with van der Waals surface area (Å²) >= 11 is 0. The van der Waals surface area contributed by atoms with Crippen LogP contribution < -0.4 is 5.32 Å². The summed E-state index contributed by atoms with van der Waals surface area (Å²) in [5.74, 6) is -0.348. The Morgan fingerprint density at radius 1 is 1.14 bits per heavy atom. The van der Waals surface area contributed by atoms with Crippen molar-refractivity contribution in [3.8, 4) is 11.1 Å². The quantitative estimate of drug-likeness (QED) is 0.547. The zero-order valence-electron chi connectivity index (χ0n) is 16.7. The van der Waals surface area contributed by atoms with Gasteiger partial charge in [0.15, 0.2) is 0 Å². The van der Waals surface area contributed by atoms with Crippen LogP contribution in [0.1, 0.15) is 48.2 Å². The molecule has 1 aromatic heterocycles. The fraction of sp³-hybridized carbons (Fsp3) is 0.280. The van der Waals surface area contributed by atoms with Gasteiger partial charge in [-0.15, -0.1) is 0 Å². The first-order chi connectivity index (χ1) is 14.1. The summed E-state index contributed by atoms with van der Waals surface area (Å²) in [6, 6.07) is 14.0. The Kier molecular flexibility index (Phi) is 5.70. The van der Waals surface area contributed by atoms with Crippen LogP contribution in [0.2, 0.25) is 0 Å². The third kappa shape index (κ3) is 4.37. The van der Waals surface area contributed by atoms with E-state index in [0.717, 1.165) is 47.0 Å². The van der Waals surface area contributed by atoms with Gasteiger partial charge in [0, 0.05) is 23.2 Å². The Morgan fingerprint density at radius 3 is 2.72 bits per heavy atom. The molecule has 3 aromatic rings. The van der Waals surface area contributed by atoms with Crippen LogP contribution in [0.25, 0.3) is 22.0 Å². The number of carbonyl (C=O) groups is 1. The van der Waals surface area contributed by atoms with E-state index in [9.17, 15) is 9.18 Å². The van der Waals surface area contributed by atoms with Crippen LogP contribution in [0.4, 0.5) is 4.39 Å². The Hall–Kier alpha value is -3.01. The predicted molar refractivity (Wildman–Crippen MR) is 115 cm³/mol. The number of carbonyl (C=O) groups excluding carboxylic acids is 1. The molecule has 148 valence electrons. The monoisotopic (exact) mass is 388 g/mol. The van der Waals surface area contributed by atoms with Crippen LogP contribution in [0.3, 0.4) is 0 Å². The fourth-order valence-electron chi connectivity index (χ4n) is 3.99. The molecule has 0 atom stereocenters. The Morgan fingerprint density at radius 2 is 1.97 bits per heavy atom. The van der Waals surface area contributed by atoms with Crippen molar-refractivity contribution in [2.24, 2.45) is 0 Å². The first-order valence-electron chi connectivity index (χ1n) is 10.2. The van der Waals surface area contributed by atoms with Gasteiger partial charge in [-0.25, -0.2) is 4.39 Å². The topological polar surface area (TPSA) is 42.0 Å². The number of nitrogens with one attached hydrogen (secondary N) is 1. The molecule has 3 nitrogen and oxygen atoms in total. The Balaban J connectivity index is 1.62. The van der Waals surface area contributed by atoms with Crippen LogP contribution in [0.15, 0.2) is 60.2 Å². The van der Waals surface area contributed by atoms with E-state index in [0.29, 0.717) is 12.1 Å². The van der Waals surface area contributed by atoms with Crippen LogP contribution in [-0.4, -0.2) is 17.4 Å². The van der Waals surface area contributed by atoms with Crippen LogP contribution >= 0.6 is 0 Å². The average Bonchev–Trinajstić information content (AvgIpc) is 2.74. The number of aryl methyl sites for hydroxylation is 1. The second kappa shape index (κ2) is 8.56. The van der Waals surface area contributed by atoms with Crippen molar-refractivity contribution < 1.29 is 9.18 Å². The lowest BCUT2D eigenvalue weighted by Gasteiger charge is -2.14. The van der Waals surface area contributed by atoms with E-state index in [-0.39, 0.29) is 11.7 Å². The van der Waals surface area contributed by atoms with Gasteiger partial charge in [-0.1, -0.05) is 42.0 Å². The molecule has 0 saturated heterocycles. The first-order valence-corrected chi connectivity index (χ1v) is 10.2. The van der Waals surface area contributed by atoms with Crippen molar-refractivity contribution in [1.82, 2.24) is 10.3 Å². The van der Waals surface area contributed by atoms with Gasteiger partial charge in [0.05, 0.1) is 11.1 Å². The zero-order chi connectivity index (χ0) is 20.2. The minimum absolute atomic E-state index is 0.0758. The van der Waals surface area contributed by atoms with E-state index < -0.39 is 0 Å². The van der Waals surface area contributed by atoms with E-state index in [4.69, 9.17) is 0 Å². The highest BCUT2D eigenvalue weighted by molar-refractivity contribution is 6.09. The van der Waals surface area contributed by atoms with Gasteiger partial charge in [0.25, 0.3) is 5.91 Å². The largest absolute Gasteiger partial charge is 0.352 e. The number of rotatable bonds is 5. The minimum Gasteiger partial charge on any atom is -0.352 e. The lowest BCUT2D eigenvalue weighted by atomic mass is 9.97. The fourth-order valence-corrected chi connectivity index (χ4v) is 3.99. The molecule has 0 fully saturated rings. The number of allylic oxidation sites excluding steroid dienone is 1. The maximum atomic E-state index is 13.3. The summed E-state index contributed by atoms with van der Waals surface area (Å²) in [4.78, 5) is 17.6. The number of aromatic nitrogens is 1. The average molecular weight is 388 g/mol. The van der Waals surface area contributed by atoms with Gasteiger partial charge in [0.2, 0.25) is 0 Å². The molecule has 2 aromatic carbocycles. The van der Waals surface area contributed by atoms with E-state index in [1.807, 2.05) is 31.2 Å². The highest BCUT2D eigenvalue weighted by Gasteiger charge is 2.15. The number of pyridine rings is 1. The summed E-state index contributed by atoms with van der Waals surface area (Å²) < 4.78 is 13.3. The molecule has 0 radical (unpaired) electrons. The second-order valence-electron chi connectivity index (χ2n) is 7.63. The highest BCUT2D eigenvalue weighted by atomic mass is 19.1. The van der Waals surface area contributed by atoms with E-state index in [1.165, 1.54) is 30.5 Å². The number of hydrogen-bond acceptors (Lipinski definition) is 2. The number of hydrogen-bond donors (Lipinski definition) is 1. The number of benzene rings is 2. The molecule has 0 aliphatic heterocycles. The molecule has 29 heavy (non-hydrogen) atoms. The number of fused-ring (bicyclic) bond motifs is 1. The summed E-state index contributed by atoms with van der Waals surface area (Å²) in [5.41, 5.74) is 5.41. The van der Waals surface area contributed by atoms with E-state index >= 15 is 0 Å². The van der Waals surface area contributed by atoms with Gasteiger partial charge < -0.3 is 5.32 Å². The molecule has 1 amide bonds. The van der Waals surface area contributed by atoms with E-state index in [1.54, 1.807) is 12.1 Å². The number of para-hydroxylation sites is 1. The van der Waals surface area contributed by atoms with Crippen LogP contribution in [0.5, 0.6) is 0 Å². The molecule has 0 saturated carbocycles. The molecular formula is C25H25FN2O. The van der Waals surface area contributed by atoms with Crippen molar-refractivity contribution in [1.29, 1.82) is 0 Å². The smallest absolute Gasteiger partial charge is 0.252 e. The van der Waals surface area contributed by atoms with Gasteiger partial charge >= 0.3 is 0 Å². The summed E-state index contributed by atoms with van der Waals surface area (Å²) in [7, 11) is 0. The number of nitrogens with zero attached hydrogens (tertiary/aromatic N) is 1. The lowest BCUT2D eigenvalue weighted by Crippen LogP contribution is -2.25. The van der Waals surface area contributed by atoms with Crippen molar-refractivity contribution in [3.05, 3.63) is 77.3 Å². The van der Waals surface area contributed by atoms with Gasteiger partial charge in [-0.3, -0.25) is 9.78 Å². The molecular weight excluding hydrogens is 363 g/mol. The summed E-state index contributed by atoms with van der Waals surface area (Å²) in [6.07, 6.45) is 8.05. The molecule has 1 aliphatic rings. The number of halogens is 1. The minimum atomic E-state index is -0.272. The zero-order valence-corrected chi connectivity index (χ0v) is 16.7. The molecule has 1 heterocycles. The highest BCUT2D eigenvalue weighted by Crippen LogP contribution is 2.30. The Labute approximate surface area is 170 Å². The summed E-state index contributed by atoms with van der Waals surface area (Å²) in [6.45, 7) is 2.54. The third-order valence-corrected chi connectivity index (χ3v) is 5.48. The van der Waals surface area contributed by atoms with Crippen molar-refractivity contribution >= 4 is 16.8 Å². The normalized spacial score (nSPS) is 13.9. The molecule has 1 aliphatic carbocycles. The molecule has 0 unspecified atom stereocenters. The maximum Gasteiger partial charge on any atom is 0.252 e. The molecule has 0 bridgehead atoms.